The molecule has 1 aliphatic rings. The lowest BCUT2D eigenvalue weighted by atomic mass is 10.1. The molecule has 1 amide bonds. The average molecular weight is 528 g/mol. The molecule has 0 atom stereocenters. The summed E-state index contributed by atoms with van der Waals surface area (Å²) in [7, 11) is 4.38. The Morgan fingerprint density at radius 2 is 1.76 bits per heavy atom. The molecule has 0 saturated carbocycles. The SMILES string of the molecule is CCOC(=O)c1ccc(NCCc2ccc(OC)c(OC)c2)c(NC2=C(C(=O)OC)CN(CCO)C2=O)c1. The largest absolute Gasteiger partial charge is 0.493 e. The van der Waals surface area contributed by atoms with E-state index in [-0.39, 0.29) is 43.1 Å². The molecule has 204 valence electrons. The molecule has 2 aromatic carbocycles. The third-order valence-corrected chi connectivity index (χ3v) is 5.92. The molecule has 0 aliphatic carbocycles. The van der Waals surface area contributed by atoms with E-state index in [9.17, 15) is 19.5 Å². The van der Waals surface area contributed by atoms with Crippen LogP contribution in [0.4, 0.5) is 11.4 Å². The number of amides is 1. The first-order valence-corrected chi connectivity index (χ1v) is 12.1. The zero-order valence-corrected chi connectivity index (χ0v) is 22.0. The molecule has 3 rings (SSSR count). The number of hydrogen-bond acceptors (Lipinski definition) is 10. The average Bonchev–Trinajstić information content (AvgIpc) is 3.23. The number of nitrogens with one attached hydrogen (secondary N) is 2. The molecule has 0 saturated heterocycles. The number of anilines is 2. The zero-order chi connectivity index (χ0) is 27.7. The predicted molar refractivity (Wildman–Crippen MR) is 140 cm³/mol. The van der Waals surface area contributed by atoms with Gasteiger partial charge in [-0.25, -0.2) is 9.59 Å². The second kappa shape index (κ2) is 13.3. The summed E-state index contributed by atoms with van der Waals surface area (Å²) in [5, 5.41) is 15.7. The van der Waals surface area contributed by atoms with Crippen molar-refractivity contribution < 1.29 is 38.4 Å². The maximum Gasteiger partial charge on any atom is 0.338 e. The lowest BCUT2D eigenvalue weighted by Gasteiger charge is -2.18. The first-order valence-electron chi connectivity index (χ1n) is 12.1. The summed E-state index contributed by atoms with van der Waals surface area (Å²) in [5.41, 5.74) is 2.44. The summed E-state index contributed by atoms with van der Waals surface area (Å²) >= 11 is 0. The van der Waals surface area contributed by atoms with Crippen LogP contribution in [0, 0.1) is 0 Å². The van der Waals surface area contributed by atoms with Crippen LogP contribution in [0.25, 0.3) is 0 Å². The standard InChI is InChI=1S/C27H33N3O8/c1-5-38-26(33)18-7-8-20(28-11-10-17-6-9-22(35-2)23(14-17)36-3)21(15-18)29-24-19(27(34)37-4)16-30(12-13-31)25(24)32/h6-9,14-15,28-29,31H,5,10-13,16H2,1-4H3. The Morgan fingerprint density at radius 1 is 1.00 bits per heavy atom. The molecule has 0 unspecified atom stereocenters. The fourth-order valence-corrected chi connectivity index (χ4v) is 4.00. The van der Waals surface area contributed by atoms with Gasteiger partial charge in [-0.2, -0.15) is 0 Å². The van der Waals surface area contributed by atoms with E-state index in [1.165, 1.54) is 12.0 Å². The van der Waals surface area contributed by atoms with Crippen LogP contribution in [-0.2, 0) is 25.5 Å². The van der Waals surface area contributed by atoms with Gasteiger partial charge in [0.15, 0.2) is 11.5 Å². The summed E-state index contributed by atoms with van der Waals surface area (Å²) < 4.78 is 20.6. The predicted octanol–water partition coefficient (Wildman–Crippen LogP) is 2.21. The lowest BCUT2D eigenvalue weighted by Crippen LogP contribution is -2.31. The number of aliphatic hydroxyl groups excluding tert-OH is 1. The number of rotatable bonds is 13. The summed E-state index contributed by atoms with van der Waals surface area (Å²) in [6, 6.07) is 10.5. The Balaban J connectivity index is 1.89. The van der Waals surface area contributed by atoms with Gasteiger partial charge < -0.3 is 39.6 Å². The maximum absolute atomic E-state index is 13.0. The number of methoxy groups -OCH3 is 3. The van der Waals surface area contributed by atoms with Crippen molar-refractivity contribution in [3.8, 4) is 11.5 Å². The molecule has 3 N–H and O–H groups in total. The number of carbonyl (C=O) groups is 3. The van der Waals surface area contributed by atoms with Crippen molar-refractivity contribution in [2.75, 3.05) is 64.8 Å². The first-order chi connectivity index (χ1) is 18.4. The normalized spacial score (nSPS) is 12.9. The van der Waals surface area contributed by atoms with Crippen LogP contribution < -0.4 is 20.1 Å². The van der Waals surface area contributed by atoms with Gasteiger partial charge in [-0.15, -0.1) is 0 Å². The topological polar surface area (TPSA) is 136 Å². The van der Waals surface area contributed by atoms with Crippen molar-refractivity contribution in [1.82, 2.24) is 4.90 Å². The van der Waals surface area contributed by atoms with Crippen molar-refractivity contribution >= 4 is 29.2 Å². The van der Waals surface area contributed by atoms with Crippen molar-refractivity contribution in [3.63, 3.8) is 0 Å². The maximum atomic E-state index is 13.0. The van der Waals surface area contributed by atoms with Crippen molar-refractivity contribution in [2.45, 2.75) is 13.3 Å². The molecule has 2 aromatic rings. The number of carbonyl (C=O) groups excluding carboxylic acids is 3. The van der Waals surface area contributed by atoms with Gasteiger partial charge in [-0.3, -0.25) is 4.79 Å². The second-order valence-electron chi connectivity index (χ2n) is 8.27. The van der Waals surface area contributed by atoms with E-state index in [0.29, 0.717) is 35.8 Å². The van der Waals surface area contributed by atoms with Crippen LogP contribution in [-0.4, -0.2) is 82.0 Å². The van der Waals surface area contributed by atoms with Gasteiger partial charge in [0.25, 0.3) is 5.91 Å². The fraction of sp³-hybridized carbons (Fsp3) is 0.370. The van der Waals surface area contributed by atoms with Crippen LogP contribution in [0.15, 0.2) is 47.7 Å². The lowest BCUT2D eigenvalue weighted by molar-refractivity contribution is -0.136. The van der Waals surface area contributed by atoms with E-state index in [4.69, 9.17) is 18.9 Å². The summed E-state index contributed by atoms with van der Waals surface area (Å²) in [6.07, 6.45) is 0.638. The van der Waals surface area contributed by atoms with Gasteiger partial charge in [0.2, 0.25) is 0 Å². The quantitative estimate of drug-likeness (QED) is 0.333. The van der Waals surface area contributed by atoms with Gasteiger partial charge in [0.1, 0.15) is 5.70 Å². The van der Waals surface area contributed by atoms with Gasteiger partial charge in [-0.1, -0.05) is 6.07 Å². The fourth-order valence-electron chi connectivity index (χ4n) is 4.00. The van der Waals surface area contributed by atoms with Crippen LogP contribution in [0.5, 0.6) is 11.5 Å². The van der Waals surface area contributed by atoms with E-state index in [2.05, 4.69) is 10.6 Å². The van der Waals surface area contributed by atoms with Gasteiger partial charge in [0.05, 0.1) is 63.6 Å². The molecular formula is C27H33N3O8. The molecule has 0 fully saturated rings. The molecule has 38 heavy (non-hydrogen) atoms. The number of hydrogen-bond donors (Lipinski definition) is 3. The van der Waals surface area contributed by atoms with E-state index >= 15 is 0 Å². The molecule has 11 heteroatoms. The molecule has 11 nitrogen and oxygen atoms in total. The van der Waals surface area contributed by atoms with Crippen LogP contribution >= 0.6 is 0 Å². The Kier molecular flexibility index (Phi) is 9.94. The number of aliphatic hydroxyl groups is 1. The molecule has 0 bridgehead atoms. The van der Waals surface area contributed by atoms with E-state index in [1.54, 1.807) is 39.3 Å². The Labute approximate surface area is 221 Å². The smallest absolute Gasteiger partial charge is 0.338 e. The molecule has 1 aliphatic heterocycles. The van der Waals surface area contributed by atoms with Crippen molar-refractivity contribution in [3.05, 3.63) is 58.8 Å². The molecule has 0 aromatic heterocycles. The number of ether oxygens (including phenoxy) is 4. The highest BCUT2D eigenvalue weighted by molar-refractivity contribution is 6.09. The van der Waals surface area contributed by atoms with Gasteiger partial charge in [0, 0.05) is 13.1 Å². The molecule has 0 spiro atoms. The molecule has 1 heterocycles. The minimum atomic E-state index is -0.661. The number of esters is 2. The molecular weight excluding hydrogens is 494 g/mol. The van der Waals surface area contributed by atoms with E-state index in [0.717, 1.165) is 5.56 Å². The van der Waals surface area contributed by atoms with Crippen molar-refractivity contribution in [2.24, 2.45) is 0 Å². The number of benzene rings is 2. The highest BCUT2D eigenvalue weighted by Gasteiger charge is 2.34. The first kappa shape index (κ1) is 28.3. The summed E-state index contributed by atoms with van der Waals surface area (Å²) in [5.74, 6) is -0.380. The Hall–Kier alpha value is -4.25. The minimum absolute atomic E-state index is 0.00592. The third kappa shape index (κ3) is 6.54. The van der Waals surface area contributed by atoms with E-state index in [1.807, 2.05) is 18.2 Å². The highest BCUT2D eigenvalue weighted by Crippen LogP contribution is 2.30. The van der Waals surface area contributed by atoms with Crippen LogP contribution in [0.2, 0.25) is 0 Å². The van der Waals surface area contributed by atoms with Crippen LogP contribution in [0.3, 0.4) is 0 Å². The molecule has 0 radical (unpaired) electrons. The Bertz CT molecular complexity index is 1210. The Morgan fingerprint density at radius 3 is 2.42 bits per heavy atom. The van der Waals surface area contributed by atoms with Gasteiger partial charge >= 0.3 is 11.9 Å². The number of nitrogens with zero attached hydrogens (tertiary/aromatic N) is 1. The monoisotopic (exact) mass is 527 g/mol. The summed E-state index contributed by atoms with van der Waals surface area (Å²) in [6.45, 7) is 2.23. The number of β-amino-alcohol motifs (C(OH)–C–C–N with tert-alkyl or cyclic N) is 1. The minimum Gasteiger partial charge on any atom is -0.493 e. The zero-order valence-electron chi connectivity index (χ0n) is 22.0. The van der Waals surface area contributed by atoms with Gasteiger partial charge in [-0.05, 0) is 49.2 Å². The third-order valence-electron chi connectivity index (χ3n) is 5.92. The van der Waals surface area contributed by atoms with Crippen LogP contribution in [0.1, 0.15) is 22.8 Å². The van der Waals surface area contributed by atoms with Crippen molar-refractivity contribution in [1.29, 1.82) is 0 Å². The van der Waals surface area contributed by atoms with E-state index < -0.39 is 17.8 Å². The summed E-state index contributed by atoms with van der Waals surface area (Å²) in [4.78, 5) is 39.2. The highest BCUT2D eigenvalue weighted by atomic mass is 16.5. The second-order valence-corrected chi connectivity index (χ2v) is 8.27.